The molecule has 0 fully saturated rings. The number of ether oxygens (including phenoxy) is 1. The maximum absolute atomic E-state index is 13.2. The number of benzene rings is 1. The van der Waals surface area contributed by atoms with Gasteiger partial charge >= 0.3 is 0 Å². The maximum atomic E-state index is 13.2. The Labute approximate surface area is 115 Å². The van der Waals surface area contributed by atoms with Crippen LogP contribution in [0.2, 0.25) is 0 Å². The van der Waals surface area contributed by atoms with Crippen molar-refractivity contribution < 1.29 is 9.13 Å². The van der Waals surface area contributed by atoms with Gasteiger partial charge in [0.25, 0.3) is 0 Å². The fourth-order valence-electron chi connectivity index (χ4n) is 1.75. The van der Waals surface area contributed by atoms with E-state index in [0.29, 0.717) is 12.2 Å². The minimum absolute atomic E-state index is 0.272. The summed E-state index contributed by atoms with van der Waals surface area (Å²) in [5.41, 5.74) is 6.91. The van der Waals surface area contributed by atoms with Crippen LogP contribution in [0.3, 0.4) is 0 Å². The van der Waals surface area contributed by atoms with Crippen molar-refractivity contribution in [3.8, 4) is 11.8 Å². The van der Waals surface area contributed by atoms with Crippen LogP contribution in [-0.2, 0) is 11.3 Å². The molecule has 1 aromatic carbocycles. The van der Waals surface area contributed by atoms with E-state index in [1.54, 1.807) is 6.07 Å². The molecule has 0 aliphatic carbocycles. The molecule has 2 nitrogen and oxygen atoms in total. The van der Waals surface area contributed by atoms with Gasteiger partial charge in [-0.25, -0.2) is 4.39 Å². The van der Waals surface area contributed by atoms with Gasteiger partial charge in [-0.2, -0.15) is 0 Å². The minimum atomic E-state index is -0.284. The smallest absolute Gasteiger partial charge is 0.124 e. The van der Waals surface area contributed by atoms with E-state index in [-0.39, 0.29) is 12.4 Å². The topological polar surface area (TPSA) is 35.2 Å². The van der Waals surface area contributed by atoms with Crippen molar-refractivity contribution in [3.63, 3.8) is 0 Å². The number of hydrogen-bond donors (Lipinski definition) is 1. The van der Waals surface area contributed by atoms with Crippen molar-refractivity contribution in [2.75, 3.05) is 13.2 Å². The van der Waals surface area contributed by atoms with Crippen LogP contribution in [0.1, 0.15) is 43.7 Å². The summed E-state index contributed by atoms with van der Waals surface area (Å²) in [5, 5.41) is 0. The van der Waals surface area contributed by atoms with Gasteiger partial charge in [0.1, 0.15) is 5.82 Å². The van der Waals surface area contributed by atoms with Crippen molar-refractivity contribution >= 4 is 0 Å². The Kier molecular flexibility index (Phi) is 7.88. The second kappa shape index (κ2) is 9.55. The second-order valence-electron chi connectivity index (χ2n) is 4.42. The van der Waals surface area contributed by atoms with Crippen molar-refractivity contribution in [3.05, 3.63) is 35.1 Å². The van der Waals surface area contributed by atoms with Gasteiger partial charge in [-0.3, -0.25) is 0 Å². The third kappa shape index (κ3) is 6.37. The quantitative estimate of drug-likeness (QED) is 0.605. The van der Waals surface area contributed by atoms with E-state index in [9.17, 15) is 4.39 Å². The Morgan fingerprint density at radius 3 is 2.84 bits per heavy atom. The molecule has 0 radical (unpaired) electrons. The van der Waals surface area contributed by atoms with E-state index >= 15 is 0 Å². The highest BCUT2D eigenvalue weighted by atomic mass is 19.1. The lowest BCUT2D eigenvalue weighted by molar-refractivity contribution is 0.116. The molecule has 0 aromatic heterocycles. The van der Waals surface area contributed by atoms with Crippen LogP contribution in [0.4, 0.5) is 4.39 Å². The molecular formula is C16H22FNO. The van der Waals surface area contributed by atoms with Crippen molar-refractivity contribution in [2.24, 2.45) is 5.73 Å². The summed E-state index contributed by atoms with van der Waals surface area (Å²) in [5.74, 6) is 5.34. The van der Waals surface area contributed by atoms with Crippen LogP contribution >= 0.6 is 0 Å². The lowest BCUT2D eigenvalue weighted by Crippen LogP contribution is -1.99. The van der Waals surface area contributed by atoms with Gasteiger partial charge in [-0.1, -0.05) is 44.1 Å². The van der Waals surface area contributed by atoms with E-state index in [0.717, 1.165) is 18.6 Å². The van der Waals surface area contributed by atoms with Crippen LogP contribution in [0.5, 0.6) is 0 Å². The van der Waals surface area contributed by atoms with Gasteiger partial charge in [0.05, 0.1) is 13.2 Å². The third-order valence-corrected chi connectivity index (χ3v) is 2.80. The molecule has 1 aromatic rings. The zero-order chi connectivity index (χ0) is 13.9. The van der Waals surface area contributed by atoms with E-state index in [1.807, 2.05) is 0 Å². The summed E-state index contributed by atoms with van der Waals surface area (Å²) < 4.78 is 18.8. The van der Waals surface area contributed by atoms with E-state index in [4.69, 9.17) is 10.5 Å². The molecule has 0 unspecified atom stereocenters. The van der Waals surface area contributed by atoms with E-state index in [1.165, 1.54) is 31.4 Å². The fraction of sp³-hybridized carbons (Fsp3) is 0.500. The van der Waals surface area contributed by atoms with Crippen molar-refractivity contribution in [1.82, 2.24) is 0 Å². The van der Waals surface area contributed by atoms with Gasteiger partial charge in [0, 0.05) is 12.2 Å². The average molecular weight is 263 g/mol. The Morgan fingerprint density at radius 1 is 1.26 bits per heavy atom. The number of unbranched alkanes of at least 4 members (excludes halogenated alkanes) is 3. The molecule has 19 heavy (non-hydrogen) atoms. The lowest BCUT2D eigenvalue weighted by atomic mass is 10.1. The predicted octanol–water partition coefficient (Wildman–Crippen LogP) is 3.23. The van der Waals surface area contributed by atoms with E-state index in [2.05, 4.69) is 18.8 Å². The molecule has 2 N–H and O–H groups in total. The highest BCUT2D eigenvalue weighted by Crippen LogP contribution is 2.12. The number of nitrogens with two attached hydrogens (primary N) is 1. The second-order valence-corrected chi connectivity index (χ2v) is 4.42. The van der Waals surface area contributed by atoms with Crippen LogP contribution in [0.15, 0.2) is 18.2 Å². The first kappa shape index (κ1) is 15.7. The normalized spacial score (nSPS) is 10.1. The standard InChI is InChI=1S/C16H22FNO/c1-2-3-4-5-11-19-13-15-8-9-16(17)12-14(15)7-6-10-18/h8-9,12H,2-5,10-11,13,18H2,1H3. The molecular weight excluding hydrogens is 241 g/mol. The van der Waals surface area contributed by atoms with Crippen molar-refractivity contribution in [1.29, 1.82) is 0 Å². The molecule has 0 amide bonds. The first-order chi connectivity index (χ1) is 9.27. The fourth-order valence-corrected chi connectivity index (χ4v) is 1.75. The van der Waals surface area contributed by atoms with Gasteiger partial charge in [-0.05, 0) is 24.1 Å². The molecule has 0 atom stereocenters. The minimum Gasteiger partial charge on any atom is -0.377 e. The average Bonchev–Trinajstić information content (AvgIpc) is 2.42. The molecule has 0 saturated heterocycles. The Morgan fingerprint density at radius 2 is 2.11 bits per heavy atom. The van der Waals surface area contributed by atoms with E-state index < -0.39 is 0 Å². The van der Waals surface area contributed by atoms with Gasteiger partial charge in [0.15, 0.2) is 0 Å². The summed E-state index contributed by atoms with van der Waals surface area (Å²) >= 11 is 0. The predicted molar refractivity (Wildman–Crippen MR) is 76.1 cm³/mol. The number of rotatable bonds is 7. The summed E-state index contributed by atoms with van der Waals surface area (Å²) in [4.78, 5) is 0. The Hall–Kier alpha value is -1.37. The zero-order valence-corrected chi connectivity index (χ0v) is 11.5. The molecule has 0 aliphatic heterocycles. The number of hydrogen-bond acceptors (Lipinski definition) is 2. The van der Waals surface area contributed by atoms with Crippen LogP contribution in [-0.4, -0.2) is 13.2 Å². The molecule has 1 rings (SSSR count). The summed E-state index contributed by atoms with van der Waals surface area (Å²) in [6.07, 6.45) is 4.72. The number of halogens is 1. The Balaban J connectivity index is 2.48. The monoisotopic (exact) mass is 263 g/mol. The molecule has 0 saturated carbocycles. The Bertz CT molecular complexity index is 434. The molecule has 0 aliphatic rings. The third-order valence-electron chi connectivity index (χ3n) is 2.80. The molecule has 0 spiro atoms. The highest BCUT2D eigenvalue weighted by Gasteiger charge is 2.02. The summed E-state index contributed by atoms with van der Waals surface area (Å²) in [7, 11) is 0. The van der Waals surface area contributed by atoms with Gasteiger partial charge in [-0.15, -0.1) is 0 Å². The first-order valence-corrected chi connectivity index (χ1v) is 6.83. The molecule has 3 heteroatoms. The first-order valence-electron chi connectivity index (χ1n) is 6.83. The zero-order valence-electron chi connectivity index (χ0n) is 11.5. The van der Waals surface area contributed by atoms with Crippen molar-refractivity contribution in [2.45, 2.75) is 39.2 Å². The van der Waals surface area contributed by atoms with Crippen LogP contribution < -0.4 is 5.73 Å². The SMILES string of the molecule is CCCCCCOCc1ccc(F)cc1C#CCN. The van der Waals surface area contributed by atoms with Gasteiger partial charge < -0.3 is 10.5 Å². The summed E-state index contributed by atoms with van der Waals surface area (Å²) in [6, 6.07) is 4.59. The highest BCUT2D eigenvalue weighted by molar-refractivity contribution is 5.41. The molecule has 0 bridgehead atoms. The van der Waals surface area contributed by atoms with Crippen LogP contribution in [0, 0.1) is 17.7 Å². The molecule has 0 heterocycles. The lowest BCUT2D eigenvalue weighted by Gasteiger charge is -2.06. The molecule has 104 valence electrons. The van der Waals surface area contributed by atoms with Gasteiger partial charge in [0.2, 0.25) is 0 Å². The summed E-state index contributed by atoms with van der Waals surface area (Å²) in [6.45, 7) is 3.66. The van der Waals surface area contributed by atoms with Crippen LogP contribution in [0.25, 0.3) is 0 Å². The largest absolute Gasteiger partial charge is 0.377 e. The maximum Gasteiger partial charge on any atom is 0.124 e.